The molecule has 11 heteroatoms. The third-order valence-electron chi connectivity index (χ3n) is 7.40. The molecule has 5 heterocycles. The summed E-state index contributed by atoms with van der Waals surface area (Å²) in [7, 11) is 0. The van der Waals surface area contributed by atoms with Gasteiger partial charge in [0.15, 0.2) is 0 Å². The van der Waals surface area contributed by atoms with Gasteiger partial charge in [0.1, 0.15) is 34.7 Å². The highest BCUT2D eigenvalue weighted by atomic mass is 16.2. The molecule has 3 aromatic heterocycles. The lowest BCUT2D eigenvalue weighted by Crippen LogP contribution is -2.52. The molecule has 6 rings (SSSR count). The zero-order valence-corrected chi connectivity index (χ0v) is 21.2. The van der Waals surface area contributed by atoms with Crippen molar-refractivity contribution in [1.29, 1.82) is 0 Å². The first-order valence-electron chi connectivity index (χ1n) is 12.5. The van der Waals surface area contributed by atoms with Gasteiger partial charge in [0.25, 0.3) is 5.91 Å². The van der Waals surface area contributed by atoms with Gasteiger partial charge in [-0.2, -0.15) is 0 Å². The number of pyridine rings is 1. The highest BCUT2D eigenvalue weighted by Crippen LogP contribution is 2.45. The number of nitrogens with two attached hydrogens (primary N) is 1. The van der Waals surface area contributed by atoms with E-state index in [1.807, 2.05) is 9.30 Å². The molecule has 196 valence electrons. The van der Waals surface area contributed by atoms with Crippen LogP contribution in [-0.2, 0) is 9.59 Å². The Labute approximate surface area is 224 Å². The number of rotatable bonds is 5. The van der Waals surface area contributed by atoms with Crippen LogP contribution in [0.1, 0.15) is 35.6 Å². The molecule has 2 saturated heterocycles. The van der Waals surface area contributed by atoms with Crippen molar-refractivity contribution in [2.24, 2.45) is 0 Å². The Hall–Kier alpha value is -5.06. The van der Waals surface area contributed by atoms with E-state index in [9.17, 15) is 14.4 Å². The first kappa shape index (κ1) is 24.3. The fourth-order valence-corrected chi connectivity index (χ4v) is 5.78. The lowest BCUT2D eigenvalue weighted by molar-refractivity contribution is -0.140. The van der Waals surface area contributed by atoms with Crippen molar-refractivity contribution in [3.8, 4) is 11.3 Å². The number of likely N-dealkylation sites (tertiary alicyclic amines) is 2. The molecule has 0 radical (unpaired) electrons. The standard InChI is InChI=1S/C28H26N8O3/c1-3-22(38)35-15-19-14-20(35)24(36(19)16(2)37)27-33-23(25-26(29)31-12-13-34(25)27)17-7-9-18(10-8-17)28(39)32-21-6-4-5-11-30-21/h3-13,19-20,24H,1,14-15H2,2H3,(H2,29,31)(H,30,32,39)/t19?,20-,24?/m0/s1. The second kappa shape index (κ2) is 9.35. The van der Waals surface area contributed by atoms with Crippen LogP contribution in [0.25, 0.3) is 16.8 Å². The predicted molar refractivity (Wildman–Crippen MR) is 144 cm³/mol. The Kier molecular flexibility index (Phi) is 5.82. The van der Waals surface area contributed by atoms with Crippen LogP contribution in [0.4, 0.5) is 11.6 Å². The minimum Gasteiger partial charge on any atom is -0.382 e. The summed E-state index contributed by atoms with van der Waals surface area (Å²) in [6, 6.07) is 11.5. The van der Waals surface area contributed by atoms with E-state index in [1.165, 1.54) is 13.0 Å². The minimum atomic E-state index is -0.461. The van der Waals surface area contributed by atoms with Crippen LogP contribution in [0.15, 0.2) is 73.7 Å². The number of nitrogens with zero attached hydrogens (tertiary/aromatic N) is 6. The van der Waals surface area contributed by atoms with Gasteiger partial charge in [-0.1, -0.05) is 24.8 Å². The van der Waals surface area contributed by atoms with Crippen LogP contribution in [0.5, 0.6) is 0 Å². The average molecular weight is 523 g/mol. The summed E-state index contributed by atoms with van der Waals surface area (Å²) in [5.41, 5.74) is 8.67. The molecule has 2 aliphatic heterocycles. The van der Waals surface area contributed by atoms with Crippen LogP contribution < -0.4 is 11.1 Å². The van der Waals surface area contributed by atoms with E-state index >= 15 is 0 Å². The number of nitrogen functional groups attached to an aromatic ring is 1. The summed E-state index contributed by atoms with van der Waals surface area (Å²) < 4.78 is 1.84. The zero-order valence-electron chi connectivity index (χ0n) is 21.2. The number of hydrogen-bond donors (Lipinski definition) is 2. The molecule has 1 aromatic carbocycles. The molecule has 0 saturated carbocycles. The Morgan fingerprint density at radius 1 is 1.10 bits per heavy atom. The monoisotopic (exact) mass is 522 g/mol. The fraction of sp³-hybridized carbons (Fsp3) is 0.214. The summed E-state index contributed by atoms with van der Waals surface area (Å²) in [5, 5.41) is 2.77. The van der Waals surface area contributed by atoms with Gasteiger partial charge < -0.3 is 20.9 Å². The molecule has 2 fully saturated rings. The van der Waals surface area contributed by atoms with Gasteiger partial charge in [-0.15, -0.1) is 0 Å². The van der Waals surface area contributed by atoms with Crippen LogP contribution in [0.2, 0.25) is 0 Å². The molecule has 0 spiro atoms. The summed E-state index contributed by atoms with van der Waals surface area (Å²) in [6.45, 7) is 5.64. The van der Waals surface area contributed by atoms with Crippen LogP contribution >= 0.6 is 0 Å². The van der Waals surface area contributed by atoms with Crippen LogP contribution in [-0.4, -0.2) is 65.5 Å². The Morgan fingerprint density at radius 2 is 1.90 bits per heavy atom. The number of carbonyl (C=O) groups is 3. The fourth-order valence-electron chi connectivity index (χ4n) is 5.78. The van der Waals surface area contributed by atoms with Crippen LogP contribution in [0, 0.1) is 0 Å². The van der Waals surface area contributed by atoms with Gasteiger partial charge in [-0.3, -0.25) is 18.8 Å². The van der Waals surface area contributed by atoms with Gasteiger partial charge in [0.2, 0.25) is 11.8 Å². The molecule has 2 bridgehead atoms. The number of hydrogen-bond acceptors (Lipinski definition) is 7. The number of anilines is 2. The predicted octanol–water partition coefficient (Wildman–Crippen LogP) is 2.68. The second-order valence-electron chi connectivity index (χ2n) is 9.62. The van der Waals surface area contributed by atoms with Gasteiger partial charge >= 0.3 is 0 Å². The largest absolute Gasteiger partial charge is 0.382 e. The lowest BCUT2D eigenvalue weighted by Gasteiger charge is -2.39. The molecule has 0 aliphatic carbocycles. The number of piperazine rings is 1. The first-order chi connectivity index (χ1) is 18.9. The number of carbonyl (C=O) groups excluding carboxylic acids is 3. The lowest BCUT2D eigenvalue weighted by atomic mass is 10.1. The third kappa shape index (κ3) is 3.99. The van der Waals surface area contributed by atoms with E-state index in [0.29, 0.717) is 41.4 Å². The molecule has 2 aliphatic rings. The van der Waals surface area contributed by atoms with Crippen LogP contribution in [0.3, 0.4) is 0 Å². The normalized spacial score (nSPS) is 19.9. The molecular formula is C28H26N8O3. The highest BCUT2D eigenvalue weighted by molar-refractivity contribution is 6.04. The summed E-state index contributed by atoms with van der Waals surface area (Å²) in [4.78, 5) is 55.1. The summed E-state index contributed by atoms with van der Waals surface area (Å²) in [5.74, 6) is 0.789. The van der Waals surface area contributed by atoms with Crippen molar-refractivity contribution >= 4 is 34.9 Å². The van der Waals surface area contributed by atoms with Crippen molar-refractivity contribution in [1.82, 2.24) is 29.2 Å². The Morgan fingerprint density at radius 3 is 2.59 bits per heavy atom. The SMILES string of the molecule is C=CC(=O)N1CC2C[C@H]1C(c1nc(-c3ccc(C(=O)Nc4ccccn4)cc3)c3c(N)nccn13)N2C(C)=O. The third-order valence-corrected chi connectivity index (χ3v) is 7.40. The van der Waals surface area contributed by atoms with E-state index in [-0.39, 0.29) is 35.6 Å². The van der Waals surface area contributed by atoms with Gasteiger partial charge in [0.05, 0.1) is 12.1 Å². The smallest absolute Gasteiger partial charge is 0.256 e. The maximum Gasteiger partial charge on any atom is 0.256 e. The summed E-state index contributed by atoms with van der Waals surface area (Å²) >= 11 is 0. The zero-order chi connectivity index (χ0) is 27.3. The van der Waals surface area contributed by atoms with Gasteiger partial charge in [0, 0.05) is 43.2 Å². The maximum absolute atomic E-state index is 12.8. The quantitative estimate of drug-likeness (QED) is 0.384. The molecule has 3 N–H and O–H groups in total. The Bertz CT molecular complexity index is 1620. The van der Waals surface area contributed by atoms with Gasteiger partial charge in [-0.05, 0) is 36.8 Å². The topological polar surface area (TPSA) is 139 Å². The molecule has 3 amide bonds. The second-order valence-corrected chi connectivity index (χ2v) is 9.62. The van der Waals surface area contributed by atoms with E-state index in [4.69, 9.17) is 10.7 Å². The first-order valence-corrected chi connectivity index (χ1v) is 12.5. The number of fused-ring (bicyclic) bond motifs is 3. The number of benzene rings is 1. The van der Waals surface area contributed by atoms with Crippen molar-refractivity contribution in [3.63, 3.8) is 0 Å². The van der Waals surface area contributed by atoms with E-state index in [1.54, 1.807) is 66.0 Å². The average Bonchev–Trinajstić information content (AvgIpc) is 3.65. The molecule has 2 unspecified atom stereocenters. The number of nitrogens with one attached hydrogen (secondary N) is 1. The number of amides is 3. The minimum absolute atomic E-state index is 0.0817. The molecule has 39 heavy (non-hydrogen) atoms. The molecular weight excluding hydrogens is 496 g/mol. The molecule has 4 aromatic rings. The van der Waals surface area contributed by atoms with E-state index in [0.717, 1.165) is 5.56 Å². The summed E-state index contributed by atoms with van der Waals surface area (Å²) in [6.07, 6.45) is 6.91. The number of imidazole rings is 1. The molecule has 11 nitrogen and oxygen atoms in total. The van der Waals surface area contributed by atoms with Crippen molar-refractivity contribution in [3.05, 3.63) is 85.1 Å². The van der Waals surface area contributed by atoms with Gasteiger partial charge in [-0.25, -0.2) is 15.0 Å². The molecule has 3 atom stereocenters. The van der Waals surface area contributed by atoms with Crippen molar-refractivity contribution < 1.29 is 14.4 Å². The highest BCUT2D eigenvalue weighted by Gasteiger charge is 2.54. The van der Waals surface area contributed by atoms with E-state index < -0.39 is 6.04 Å². The van der Waals surface area contributed by atoms with E-state index in [2.05, 4.69) is 21.9 Å². The van der Waals surface area contributed by atoms with Crippen molar-refractivity contribution in [2.75, 3.05) is 17.6 Å². The number of aromatic nitrogens is 4. The Balaban J connectivity index is 1.40. The van der Waals surface area contributed by atoms with Crippen molar-refractivity contribution in [2.45, 2.75) is 31.5 Å². The maximum atomic E-state index is 12.8.